The first kappa shape index (κ1) is 16.4. The maximum absolute atomic E-state index is 11.8. The third kappa shape index (κ3) is 8.53. The SMILES string of the molecule is CC(C)CCS(=O)(=O)NC(CBr)CC(C)C. The third-order valence-corrected chi connectivity index (χ3v) is 4.50. The maximum Gasteiger partial charge on any atom is 0.211 e. The number of hydrogen-bond donors (Lipinski definition) is 1. The van der Waals surface area contributed by atoms with Crippen LogP contribution >= 0.6 is 15.9 Å². The third-order valence-electron chi connectivity index (χ3n) is 2.25. The van der Waals surface area contributed by atoms with Gasteiger partial charge in [-0.3, -0.25) is 0 Å². The van der Waals surface area contributed by atoms with Crippen molar-refractivity contribution in [1.82, 2.24) is 4.72 Å². The van der Waals surface area contributed by atoms with E-state index in [1.54, 1.807) is 0 Å². The largest absolute Gasteiger partial charge is 0.212 e. The summed E-state index contributed by atoms with van der Waals surface area (Å²) < 4.78 is 26.3. The highest BCUT2D eigenvalue weighted by Gasteiger charge is 2.18. The Labute approximate surface area is 109 Å². The van der Waals surface area contributed by atoms with E-state index in [1.807, 2.05) is 13.8 Å². The molecular formula is C11H24BrNO2S. The highest BCUT2D eigenvalue weighted by Crippen LogP contribution is 2.09. The number of hydrogen-bond acceptors (Lipinski definition) is 2. The fourth-order valence-corrected chi connectivity index (χ4v) is 3.64. The second-order valence-electron chi connectivity index (χ2n) is 5.10. The Morgan fingerprint density at radius 3 is 2.06 bits per heavy atom. The molecule has 0 amide bonds. The molecule has 0 aromatic heterocycles. The zero-order valence-electron chi connectivity index (χ0n) is 10.7. The Bertz CT molecular complexity index is 276. The fraction of sp³-hybridized carbons (Fsp3) is 1.00. The van der Waals surface area contributed by atoms with Crippen molar-refractivity contribution >= 4 is 26.0 Å². The minimum atomic E-state index is -3.11. The van der Waals surface area contributed by atoms with Gasteiger partial charge in [-0.25, -0.2) is 13.1 Å². The van der Waals surface area contributed by atoms with Crippen molar-refractivity contribution in [2.45, 2.75) is 46.6 Å². The summed E-state index contributed by atoms with van der Waals surface area (Å²) in [5.41, 5.74) is 0. The van der Waals surface area contributed by atoms with Gasteiger partial charge in [-0.2, -0.15) is 0 Å². The molecule has 0 aliphatic rings. The molecule has 5 heteroatoms. The second-order valence-corrected chi connectivity index (χ2v) is 7.62. The van der Waals surface area contributed by atoms with Crippen molar-refractivity contribution in [2.24, 2.45) is 11.8 Å². The summed E-state index contributed by atoms with van der Waals surface area (Å²) in [5.74, 6) is 1.14. The van der Waals surface area contributed by atoms with E-state index in [1.165, 1.54) is 0 Å². The van der Waals surface area contributed by atoms with Gasteiger partial charge in [0.2, 0.25) is 10.0 Å². The van der Waals surface area contributed by atoms with Gasteiger partial charge in [0.05, 0.1) is 5.75 Å². The topological polar surface area (TPSA) is 46.2 Å². The van der Waals surface area contributed by atoms with Crippen LogP contribution in [0.1, 0.15) is 40.5 Å². The Morgan fingerprint density at radius 2 is 1.69 bits per heavy atom. The van der Waals surface area contributed by atoms with Gasteiger partial charge in [0.1, 0.15) is 0 Å². The van der Waals surface area contributed by atoms with Gasteiger partial charge >= 0.3 is 0 Å². The zero-order valence-corrected chi connectivity index (χ0v) is 13.1. The molecule has 0 saturated heterocycles. The standard InChI is InChI=1S/C11H24BrNO2S/c1-9(2)5-6-16(14,15)13-11(8-12)7-10(3)4/h9-11,13H,5-8H2,1-4H3. The Morgan fingerprint density at radius 1 is 1.12 bits per heavy atom. The first-order valence-electron chi connectivity index (χ1n) is 5.82. The van der Waals surface area contributed by atoms with Gasteiger partial charge < -0.3 is 0 Å². The van der Waals surface area contributed by atoms with E-state index >= 15 is 0 Å². The molecule has 98 valence electrons. The number of alkyl halides is 1. The van der Waals surface area contributed by atoms with E-state index in [-0.39, 0.29) is 11.8 Å². The van der Waals surface area contributed by atoms with Gasteiger partial charge in [0.25, 0.3) is 0 Å². The molecule has 0 heterocycles. The van der Waals surface area contributed by atoms with Gasteiger partial charge in [0, 0.05) is 11.4 Å². The molecule has 0 fully saturated rings. The summed E-state index contributed by atoms with van der Waals surface area (Å²) in [6.07, 6.45) is 1.58. The van der Waals surface area contributed by atoms with Crippen LogP contribution < -0.4 is 4.72 Å². The summed E-state index contributed by atoms with van der Waals surface area (Å²) in [4.78, 5) is 0. The van der Waals surface area contributed by atoms with E-state index < -0.39 is 10.0 Å². The van der Waals surface area contributed by atoms with E-state index in [4.69, 9.17) is 0 Å². The lowest BCUT2D eigenvalue weighted by molar-refractivity contribution is 0.485. The van der Waals surface area contributed by atoms with Crippen LogP contribution in [0.4, 0.5) is 0 Å². The van der Waals surface area contributed by atoms with Crippen molar-refractivity contribution in [3.63, 3.8) is 0 Å². The number of sulfonamides is 1. The lowest BCUT2D eigenvalue weighted by atomic mass is 10.1. The van der Waals surface area contributed by atoms with Crippen LogP contribution in [0.2, 0.25) is 0 Å². The van der Waals surface area contributed by atoms with Crippen LogP contribution in [0, 0.1) is 11.8 Å². The molecule has 1 unspecified atom stereocenters. The van der Waals surface area contributed by atoms with Crippen LogP contribution in [0.25, 0.3) is 0 Å². The minimum Gasteiger partial charge on any atom is -0.212 e. The molecule has 0 rings (SSSR count). The average Bonchev–Trinajstić information content (AvgIpc) is 2.13. The molecule has 0 aromatic rings. The summed E-state index contributed by atoms with van der Waals surface area (Å²) >= 11 is 3.35. The van der Waals surface area contributed by atoms with Crippen molar-refractivity contribution in [2.75, 3.05) is 11.1 Å². The van der Waals surface area contributed by atoms with Crippen LogP contribution in [-0.4, -0.2) is 25.5 Å². The van der Waals surface area contributed by atoms with E-state index in [2.05, 4.69) is 34.5 Å². The van der Waals surface area contributed by atoms with Gasteiger partial charge in [0.15, 0.2) is 0 Å². The zero-order chi connectivity index (χ0) is 12.8. The number of rotatable bonds is 8. The van der Waals surface area contributed by atoms with Gasteiger partial charge in [-0.15, -0.1) is 0 Å². The predicted molar refractivity (Wildman–Crippen MR) is 73.4 cm³/mol. The molecule has 0 spiro atoms. The normalized spacial score (nSPS) is 14.7. The lowest BCUT2D eigenvalue weighted by Gasteiger charge is -2.18. The molecule has 0 saturated carbocycles. The van der Waals surface area contributed by atoms with Crippen LogP contribution in [0.3, 0.4) is 0 Å². The highest BCUT2D eigenvalue weighted by atomic mass is 79.9. The van der Waals surface area contributed by atoms with Crippen LogP contribution in [0.5, 0.6) is 0 Å². The van der Waals surface area contributed by atoms with Crippen molar-refractivity contribution in [3.8, 4) is 0 Å². The first-order chi connectivity index (χ1) is 7.26. The molecule has 0 aliphatic heterocycles. The average molecular weight is 314 g/mol. The first-order valence-corrected chi connectivity index (χ1v) is 8.60. The minimum absolute atomic E-state index is 0.0113. The smallest absolute Gasteiger partial charge is 0.211 e. The number of nitrogens with one attached hydrogen (secondary N) is 1. The van der Waals surface area contributed by atoms with E-state index in [9.17, 15) is 8.42 Å². The highest BCUT2D eigenvalue weighted by molar-refractivity contribution is 9.09. The molecular weight excluding hydrogens is 290 g/mol. The van der Waals surface area contributed by atoms with Gasteiger partial charge in [-0.1, -0.05) is 43.6 Å². The molecule has 0 aliphatic carbocycles. The predicted octanol–water partition coefficient (Wildman–Crippen LogP) is 2.76. The van der Waals surface area contributed by atoms with E-state index in [0.717, 1.165) is 6.42 Å². The molecule has 0 bridgehead atoms. The summed E-state index contributed by atoms with van der Waals surface area (Å²) in [7, 11) is -3.11. The van der Waals surface area contributed by atoms with Crippen molar-refractivity contribution in [1.29, 1.82) is 0 Å². The maximum atomic E-state index is 11.8. The lowest BCUT2D eigenvalue weighted by Crippen LogP contribution is -2.38. The molecule has 0 radical (unpaired) electrons. The summed E-state index contributed by atoms with van der Waals surface area (Å²) in [6, 6.07) is 0.0113. The molecule has 1 N–H and O–H groups in total. The van der Waals surface area contributed by atoms with Crippen molar-refractivity contribution < 1.29 is 8.42 Å². The Kier molecular flexibility index (Phi) is 7.85. The van der Waals surface area contributed by atoms with Crippen LogP contribution in [-0.2, 0) is 10.0 Å². The molecule has 0 aromatic carbocycles. The molecule has 3 nitrogen and oxygen atoms in total. The quantitative estimate of drug-likeness (QED) is 0.700. The molecule has 1 atom stereocenters. The van der Waals surface area contributed by atoms with E-state index in [0.29, 0.717) is 23.6 Å². The monoisotopic (exact) mass is 313 g/mol. The summed E-state index contributed by atoms with van der Waals surface area (Å²) in [5, 5.41) is 0.673. The fourth-order valence-electron chi connectivity index (χ4n) is 1.42. The van der Waals surface area contributed by atoms with Crippen LogP contribution in [0.15, 0.2) is 0 Å². The second kappa shape index (κ2) is 7.67. The Hall–Kier alpha value is 0.390. The van der Waals surface area contributed by atoms with Gasteiger partial charge in [-0.05, 0) is 24.7 Å². The molecule has 16 heavy (non-hydrogen) atoms. The number of halogens is 1. The van der Waals surface area contributed by atoms with Crippen molar-refractivity contribution in [3.05, 3.63) is 0 Å². The summed E-state index contributed by atoms with van der Waals surface area (Å²) in [6.45, 7) is 8.26. The Balaban J connectivity index is 4.21.